The minimum atomic E-state index is -5.13. The standard InChI is InChI=1S/C42H70N9O29P5/c1-21-9-28(77-82(58,59)66-8-6-7-45-25(5)52)33(71-21)17-68-83(60,61)78-29-10-22(2)72-34(29)18-69-84(62,63)79-30-11-23(3)73-35(30)19-70-85(64,65)80-31-12-24(4)74-40(31)42(54)46-15-37(49-50-44)75-27-14-38(76-32(27)16-67-81(55,56)57)51-20-47-39-26(53)13-36(43)48-41(39)51/h20-24,27-35,37-38,40H,6-19H2,1-5H3,(H2,43,48)(H,45,52)(H,46,54)(H,58,59)(H,60,61)(H,62,63)(H,64,65)(H2,55,56,57). The predicted octanol–water partition coefficient (Wildman–Crippen LogP) is 2.24. The number of phosphoric ester groups is 5. The van der Waals surface area contributed by atoms with E-state index in [2.05, 4.69) is 35.2 Å². The Morgan fingerprint density at radius 3 is 1.68 bits per heavy atom. The molecule has 10 N–H and O–H groups in total. The minimum absolute atomic E-state index is 0.00241. The number of amidine groups is 1. The minimum Gasteiger partial charge on any atom is -0.387 e. The average Bonchev–Trinajstić information content (AvgIpc) is 3.62. The SMILES string of the molecule is CC(=O)NCCCOP(=O)(O)OC1CC(C)OC1COP(=O)(O)OC1CC(C)OC1COP(=O)(O)OC1CC(C)OC1COP(=O)(O)OC1CC(C)OC1C(=O)NCC(N=[N+]=[N-])OC1CC(n2cnc3c2N=C(N)CC3=O)OC1COP(=O)(O)O. The van der Waals surface area contributed by atoms with Gasteiger partial charge in [0.25, 0.3) is 5.91 Å². The van der Waals surface area contributed by atoms with Gasteiger partial charge in [0.15, 0.2) is 29.6 Å². The summed E-state index contributed by atoms with van der Waals surface area (Å²) < 4.78 is 147. The molecule has 5 saturated heterocycles. The summed E-state index contributed by atoms with van der Waals surface area (Å²) >= 11 is 0. The summed E-state index contributed by atoms with van der Waals surface area (Å²) in [6.45, 7) is 4.18. The van der Waals surface area contributed by atoms with Crippen LogP contribution in [-0.2, 0) is 102 Å². The van der Waals surface area contributed by atoms with Gasteiger partial charge in [-0.1, -0.05) is 5.11 Å². The normalized spacial score (nSPS) is 33.7. The van der Waals surface area contributed by atoms with Crippen LogP contribution in [0.4, 0.5) is 5.82 Å². The van der Waals surface area contributed by atoms with Crippen LogP contribution >= 0.6 is 39.1 Å². The molecule has 20 atom stereocenters. The van der Waals surface area contributed by atoms with E-state index in [1.807, 2.05) is 0 Å². The number of rotatable bonds is 32. The van der Waals surface area contributed by atoms with E-state index in [0.29, 0.717) is 0 Å². The van der Waals surface area contributed by atoms with E-state index < -0.39 is 182 Å². The third kappa shape index (κ3) is 21.0. The number of hydrogen-bond donors (Lipinski definition) is 9. The lowest BCUT2D eigenvalue weighted by molar-refractivity contribution is -0.136. The number of nitrogens with one attached hydrogen (secondary N) is 2. The molecule has 85 heavy (non-hydrogen) atoms. The van der Waals surface area contributed by atoms with Crippen molar-refractivity contribution in [2.75, 3.05) is 46.1 Å². The maximum absolute atomic E-state index is 13.6. The van der Waals surface area contributed by atoms with Crippen molar-refractivity contribution in [3.63, 3.8) is 0 Å². The van der Waals surface area contributed by atoms with E-state index in [1.54, 1.807) is 27.7 Å². The number of azide groups is 1. The van der Waals surface area contributed by atoms with Gasteiger partial charge in [0.2, 0.25) is 5.91 Å². The number of phosphoric acid groups is 5. The fourth-order valence-corrected chi connectivity index (χ4v) is 14.0. The second-order valence-corrected chi connectivity index (χ2v) is 27.4. The Labute approximate surface area is 484 Å². The van der Waals surface area contributed by atoms with Crippen molar-refractivity contribution < 1.29 is 136 Å². The number of ketones is 1. The van der Waals surface area contributed by atoms with Gasteiger partial charge in [-0.15, -0.1) is 0 Å². The lowest BCUT2D eigenvalue weighted by atomic mass is 10.1. The number of fused-ring (bicyclic) bond motifs is 1. The second kappa shape index (κ2) is 29.7. The van der Waals surface area contributed by atoms with Crippen LogP contribution in [0.25, 0.3) is 10.4 Å². The van der Waals surface area contributed by atoms with Gasteiger partial charge in [0, 0.05) is 57.0 Å². The highest BCUT2D eigenvalue weighted by Crippen LogP contribution is 2.53. The van der Waals surface area contributed by atoms with Crippen molar-refractivity contribution in [1.29, 1.82) is 0 Å². The number of hydrogen-bond acceptors (Lipinski definition) is 27. The first-order valence-corrected chi connectivity index (χ1v) is 34.0. The molecule has 2 amide bonds. The Kier molecular flexibility index (Phi) is 24.2. The van der Waals surface area contributed by atoms with Crippen LogP contribution in [0.3, 0.4) is 0 Å². The Hall–Kier alpha value is -3.09. The summed E-state index contributed by atoms with van der Waals surface area (Å²) in [5, 5.41) is 8.55. The van der Waals surface area contributed by atoms with Crippen LogP contribution < -0.4 is 16.4 Å². The molecule has 6 aliphatic heterocycles. The van der Waals surface area contributed by atoms with E-state index >= 15 is 0 Å². The number of aliphatic imine (C=N–C) groups is 1. The van der Waals surface area contributed by atoms with E-state index in [-0.39, 0.29) is 81.4 Å². The van der Waals surface area contributed by atoms with Gasteiger partial charge < -0.3 is 74.1 Å². The number of carbonyl (C=O) groups is 3. The molecular weight excluding hydrogens is 1250 g/mol. The number of imidazole rings is 1. The van der Waals surface area contributed by atoms with Gasteiger partial charge in [-0.05, 0) is 39.6 Å². The number of aromatic nitrogens is 2. The van der Waals surface area contributed by atoms with Crippen LogP contribution in [0, 0.1) is 0 Å². The zero-order chi connectivity index (χ0) is 62.2. The molecule has 0 spiro atoms. The number of nitrogens with two attached hydrogens (primary N) is 1. The van der Waals surface area contributed by atoms with E-state index in [4.69, 9.17) is 70.3 Å². The summed E-state index contributed by atoms with van der Waals surface area (Å²) in [7, 11) is -24.8. The lowest BCUT2D eigenvalue weighted by Crippen LogP contribution is -2.45. The quantitative estimate of drug-likeness (QED) is 0.0164. The van der Waals surface area contributed by atoms with Crippen molar-refractivity contribution in [2.24, 2.45) is 15.8 Å². The highest BCUT2D eigenvalue weighted by atomic mass is 31.2. The molecule has 1 aromatic rings. The molecule has 482 valence electrons. The summed E-state index contributed by atoms with van der Waals surface area (Å²) in [5.74, 6) is -1.58. The summed E-state index contributed by atoms with van der Waals surface area (Å²) in [6, 6.07) is 0. The van der Waals surface area contributed by atoms with Gasteiger partial charge in [-0.2, -0.15) is 0 Å². The number of carbonyl (C=O) groups excluding carboxylic acids is 3. The molecule has 0 aromatic carbocycles. The van der Waals surface area contributed by atoms with Crippen molar-refractivity contribution in [3.8, 4) is 0 Å². The van der Waals surface area contributed by atoms with Gasteiger partial charge in [-0.25, -0.2) is 32.8 Å². The van der Waals surface area contributed by atoms with Gasteiger partial charge >= 0.3 is 39.1 Å². The Balaban J connectivity index is 0.875. The monoisotopic (exact) mass is 1320 g/mol. The first kappa shape index (κ1) is 69.4. The van der Waals surface area contributed by atoms with Crippen molar-refractivity contribution in [2.45, 2.75) is 177 Å². The Morgan fingerprint density at radius 1 is 0.706 bits per heavy atom. The summed E-state index contributed by atoms with van der Waals surface area (Å²) in [5.41, 5.74) is 15.2. The zero-order valence-electron chi connectivity index (χ0n) is 46.3. The molecule has 0 radical (unpaired) electrons. The maximum Gasteiger partial charge on any atom is 0.472 e. The number of ether oxygens (including phenoxy) is 6. The smallest absolute Gasteiger partial charge is 0.387 e. The van der Waals surface area contributed by atoms with Crippen LogP contribution in [0.15, 0.2) is 16.4 Å². The van der Waals surface area contributed by atoms with Gasteiger partial charge in [0.05, 0.1) is 76.3 Å². The number of Topliss-reactive ketones (excluding diaryl/α,β-unsaturated/α-hetero) is 1. The molecule has 0 bridgehead atoms. The van der Waals surface area contributed by atoms with Crippen LogP contribution in [0.1, 0.15) is 96.3 Å². The summed E-state index contributed by atoms with van der Waals surface area (Å²) in [4.78, 5) is 110. The molecule has 0 aliphatic carbocycles. The second-order valence-electron chi connectivity index (χ2n) is 20.5. The third-order valence-electron chi connectivity index (χ3n) is 13.4. The molecule has 1 aromatic heterocycles. The molecule has 0 saturated carbocycles. The van der Waals surface area contributed by atoms with Crippen molar-refractivity contribution in [3.05, 3.63) is 22.5 Å². The number of nitrogens with zero attached hydrogens (tertiary/aromatic N) is 6. The van der Waals surface area contributed by atoms with Crippen molar-refractivity contribution in [1.82, 2.24) is 20.2 Å². The predicted molar refractivity (Wildman–Crippen MR) is 282 cm³/mol. The average molecular weight is 1320 g/mol. The first-order valence-electron chi connectivity index (χ1n) is 26.5. The molecule has 7 rings (SSSR count). The van der Waals surface area contributed by atoms with Gasteiger partial charge in [0.1, 0.15) is 60.9 Å². The van der Waals surface area contributed by atoms with E-state index in [0.717, 1.165) is 0 Å². The first-order chi connectivity index (χ1) is 39.7. The fourth-order valence-electron chi connectivity index (χ4n) is 9.83. The number of amides is 2. The third-order valence-corrected chi connectivity index (χ3v) is 18.0. The molecule has 7 heterocycles. The maximum atomic E-state index is 13.6. The molecule has 6 aliphatic rings. The molecule has 5 fully saturated rings. The van der Waals surface area contributed by atoms with Crippen LogP contribution in [0.5, 0.6) is 0 Å². The highest BCUT2D eigenvalue weighted by Gasteiger charge is 2.48. The molecule has 43 heteroatoms. The van der Waals surface area contributed by atoms with Gasteiger partial charge in [-0.3, -0.25) is 59.7 Å². The van der Waals surface area contributed by atoms with E-state index in [1.165, 1.54) is 17.8 Å². The zero-order valence-corrected chi connectivity index (χ0v) is 50.8. The van der Waals surface area contributed by atoms with Crippen molar-refractivity contribution >= 4 is 68.4 Å². The fraction of sp³-hybridized carbons (Fsp3) is 0.833. The molecule has 20 unspecified atom stereocenters. The Morgan fingerprint density at radius 2 is 1.18 bits per heavy atom. The topological polar surface area (TPSA) is 525 Å². The largest absolute Gasteiger partial charge is 0.472 e. The molecular formula is C42H70N9O29P5. The van der Waals surface area contributed by atoms with Crippen LogP contribution in [-0.4, -0.2) is 200 Å². The highest BCUT2D eigenvalue weighted by molar-refractivity contribution is 7.48. The Bertz CT molecular complexity index is 2850. The van der Waals surface area contributed by atoms with E-state index in [9.17, 15) is 72.1 Å². The molecule has 38 nitrogen and oxygen atoms in total. The summed E-state index contributed by atoms with van der Waals surface area (Å²) in [6.07, 6.45) is -16.7. The lowest BCUT2D eigenvalue weighted by Gasteiger charge is -2.26. The van der Waals surface area contributed by atoms with Crippen LogP contribution in [0.2, 0.25) is 0 Å².